The molecular weight excluding hydrogens is 346 g/mol. The highest BCUT2D eigenvalue weighted by Gasteiger charge is 2.12. The molecule has 2 rings (SSSR count). The Labute approximate surface area is 142 Å². The molecule has 0 heterocycles. The summed E-state index contributed by atoms with van der Waals surface area (Å²) in [5.41, 5.74) is 0.699. The maximum absolute atomic E-state index is 13.5. The van der Waals surface area contributed by atoms with E-state index in [1.807, 2.05) is 0 Å². The van der Waals surface area contributed by atoms with Gasteiger partial charge >= 0.3 is 0 Å². The fourth-order valence-electron chi connectivity index (χ4n) is 1.70. The zero-order chi connectivity index (χ0) is 16.1. The number of halogens is 3. The number of nitrogens with one attached hydrogen (secondary N) is 2. The van der Waals surface area contributed by atoms with Crippen molar-refractivity contribution in [3.8, 4) is 0 Å². The van der Waals surface area contributed by atoms with E-state index < -0.39 is 11.7 Å². The highest BCUT2D eigenvalue weighted by Crippen LogP contribution is 2.20. The van der Waals surface area contributed by atoms with Crippen molar-refractivity contribution >= 4 is 46.4 Å². The third-order valence-corrected chi connectivity index (χ3v) is 3.63. The van der Waals surface area contributed by atoms with Gasteiger partial charge in [-0.3, -0.25) is 10.1 Å². The van der Waals surface area contributed by atoms with Gasteiger partial charge in [0.1, 0.15) is 5.82 Å². The molecule has 0 bridgehead atoms. The lowest BCUT2D eigenvalue weighted by molar-refractivity contribution is 0.0972. The Balaban J connectivity index is 1.93. The first-order valence-electron chi connectivity index (χ1n) is 6.25. The predicted molar refractivity (Wildman–Crippen MR) is 89.8 cm³/mol. The minimum Gasteiger partial charge on any atom is -0.358 e. The SMILES string of the molecule is O=C(NC(=S)NCc1ccc(Cl)cc1Cl)c1ccccc1F. The fraction of sp³-hybridized carbons (Fsp3) is 0.0667. The van der Waals surface area contributed by atoms with Crippen LogP contribution in [0.2, 0.25) is 10.0 Å². The largest absolute Gasteiger partial charge is 0.358 e. The number of thiocarbonyl (C=S) groups is 1. The second-order valence-electron chi connectivity index (χ2n) is 4.35. The standard InChI is InChI=1S/C15H11Cl2FN2OS/c16-10-6-5-9(12(17)7-10)8-19-15(22)20-14(21)11-3-1-2-4-13(11)18/h1-7H,8H2,(H2,19,20,21,22). The van der Waals surface area contributed by atoms with Crippen molar-refractivity contribution < 1.29 is 9.18 Å². The van der Waals surface area contributed by atoms with Gasteiger partial charge in [-0.05, 0) is 42.0 Å². The molecule has 0 unspecified atom stereocenters. The smallest absolute Gasteiger partial charge is 0.260 e. The number of hydrogen-bond donors (Lipinski definition) is 2. The van der Waals surface area contributed by atoms with E-state index >= 15 is 0 Å². The van der Waals surface area contributed by atoms with Crippen LogP contribution in [0.25, 0.3) is 0 Å². The minimum absolute atomic E-state index is 0.0730. The lowest BCUT2D eigenvalue weighted by Gasteiger charge is -2.11. The Morgan fingerprint density at radius 2 is 1.91 bits per heavy atom. The first-order valence-corrected chi connectivity index (χ1v) is 7.41. The van der Waals surface area contributed by atoms with Gasteiger partial charge in [-0.1, -0.05) is 41.4 Å². The van der Waals surface area contributed by atoms with E-state index in [1.165, 1.54) is 18.2 Å². The molecule has 0 aliphatic heterocycles. The van der Waals surface area contributed by atoms with Gasteiger partial charge in [0.25, 0.3) is 5.91 Å². The Morgan fingerprint density at radius 1 is 1.18 bits per heavy atom. The van der Waals surface area contributed by atoms with Crippen LogP contribution in [0.4, 0.5) is 4.39 Å². The molecule has 0 saturated heterocycles. The summed E-state index contributed by atoms with van der Waals surface area (Å²) < 4.78 is 13.5. The minimum atomic E-state index is -0.613. The molecule has 0 aliphatic carbocycles. The van der Waals surface area contributed by atoms with Crippen molar-refractivity contribution in [2.45, 2.75) is 6.54 Å². The number of benzene rings is 2. The van der Waals surface area contributed by atoms with E-state index in [0.717, 1.165) is 5.56 Å². The Bertz CT molecular complexity index is 724. The zero-order valence-electron chi connectivity index (χ0n) is 11.2. The van der Waals surface area contributed by atoms with Crippen LogP contribution in [0.15, 0.2) is 42.5 Å². The number of hydrogen-bond acceptors (Lipinski definition) is 2. The lowest BCUT2D eigenvalue weighted by atomic mass is 10.2. The molecule has 0 atom stereocenters. The monoisotopic (exact) mass is 356 g/mol. The number of rotatable bonds is 3. The predicted octanol–water partition coefficient (Wildman–Crippen LogP) is 3.94. The van der Waals surface area contributed by atoms with Crippen LogP contribution in [-0.4, -0.2) is 11.0 Å². The normalized spacial score (nSPS) is 10.1. The van der Waals surface area contributed by atoms with E-state index in [1.54, 1.807) is 24.3 Å². The first-order chi connectivity index (χ1) is 10.5. The summed E-state index contributed by atoms with van der Waals surface area (Å²) in [6.45, 7) is 0.312. The lowest BCUT2D eigenvalue weighted by Crippen LogP contribution is -2.39. The van der Waals surface area contributed by atoms with Crippen LogP contribution >= 0.6 is 35.4 Å². The van der Waals surface area contributed by atoms with Crippen molar-refractivity contribution in [1.82, 2.24) is 10.6 Å². The van der Waals surface area contributed by atoms with Crippen molar-refractivity contribution in [1.29, 1.82) is 0 Å². The molecule has 2 aromatic carbocycles. The molecule has 0 saturated carbocycles. The first kappa shape index (κ1) is 16.7. The Morgan fingerprint density at radius 3 is 2.59 bits per heavy atom. The van der Waals surface area contributed by atoms with Gasteiger partial charge < -0.3 is 5.32 Å². The number of carbonyl (C=O) groups is 1. The van der Waals surface area contributed by atoms with E-state index in [-0.39, 0.29) is 10.7 Å². The van der Waals surface area contributed by atoms with E-state index in [4.69, 9.17) is 35.4 Å². The number of amides is 1. The summed E-state index contributed by atoms with van der Waals surface area (Å²) >= 11 is 16.8. The average Bonchev–Trinajstić information content (AvgIpc) is 2.46. The van der Waals surface area contributed by atoms with Gasteiger partial charge in [-0.2, -0.15) is 0 Å². The van der Waals surface area contributed by atoms with E-state index in [0.29, 0.717) is 16.6 Å². The summed E-state index contributed by atoms with van der Waals surface area (Å²) in [5.74, 6) is -1.22. The molecule has 1 amide bonds. The fourth-order valence-corrected chi connectivity index (χ4v) is 2.34. The van der Waals surface area contributed by atoms with Crippen molar-refractivity contribution in [2.24, 2.45) is 0 Å². The van der Waals surface area contributed by atoms with Crippen molar-refractivity contribution in [2.75, 3.05) is 0 Å². The zero-order valence-corrected chi connectivity index (χ0v) is 13.5. The molecule has 22 heavy (non-hydrogen) atoms. The van der Waals surface area contributed by atoms with Gasteiger partial charge in [-0.15, -0.1) is 0 Å². The summed E-state index contributed by atoms with van der Waals surface area (Å²) in [7, 11) is 0. The maximum atomic E-state index is 13.5. The van der Waals surface area contributed by atoms with Crippen LogP contribution in [0, 0.1) is 5.82 Å². The molecular formula is C15H11Cl2FN2OS. The summed E-state index contributed by atoms with van der Waals surface area (Å²) in [5, 5.41) is 6.34. The highest BCUT2D eigenvalue weighted by atomic mass is 35.5. The third-order valence-electron chi connectivity index (χ3n) is 2.80. The second-order valence-corrected chi connectivity index (χ2v) is 5.60. The van der Waals surface area contributed by atoms with Gasteiger partial charge in [0.05, 0.1) is 5.56 Å². The quantitative estimate of drug-likeness (QED) is 0.818. The van der Waals surface area contributed by atoms with Gasteiger partial charge in [0.15, 0.2) is 5.11 Å². The molecule has 114 valence electrons. The van der Waals surface area contributed by atoms with Crippen molar-refractivity contribution in [3.63, 3.8) is 0 Å². The Hall–Kier alpha value is -1.69. The molecule has 0 spiro atoms. The van der Waals surface area contributed by atoms with Crippen LogP contribution in [-0.2, 0) is 6.54 Å². The molecule has 2 N–H and O–H groups in total. The molecule has 0 aromatic heterocycles. The molecule has 2 aromatic rings. The Kier molecular flexibility index (Phi) is 5.71. The second kappa shape index (κ2) is 7.54. The van der Waals surface area contributed by atoms with Crippen LogP contribution in [0.5, 0.6) is 0 Å². The molecule has 3 nitrogen and oxygen atoms in total. The van der Waals surface area contributed by atoms with Gasteiger partial charge in [-0.25, -0.2) is 4.39 Å². The molecule has 7 heteroatoms. The van der Waals surface area contributed by atoms with Gasteiger partial charge in [0, 0.05) is 16.6 Å². The molecule has 0 aliphatic rings. The molecule has 0 fully saturated rings. The topological polar surface area (TPSA) is 41.1 Å². The summed E-state index contributed by atoms with van der Waals surface area (Å²) in [6, 6.07) is 10.7. The van der Waals surface area contributed by atoms with Gasteiger partial charge in [0.2, 0.25) is 0 Å². The summed E-state index contributed by atoms with van der Waals surface area (Å²) in [4.78, 5) is 11.9. The highest BCUT2D eigenvalue weighted by molar-refractivity contribution is 7.80. The van der Waals surface area contributed by atoms with Crippen molar-refractivity contribution in [3.05, 3.63) is 69.5 Å². The van der Waals surface area contributed by atoms with E-state index in [9.17, 15) is 9.18 Å². The van der Waals surface area contributed by atoms with Crippen LogP contribution in [0.1, 0.15) is 15.9 Å². The summed E-state index contributed by atoms with van der Waals surface area (Å²) in [6.07, 6.45) is 0. The third kappa shape index (κ3) is 4.40. The van der Waals surface area contributed by atoms with Crippen LogP contribution in [0.3, 0.4) is 0 Å². The van der Waals surface area contributed by atoms with Crippen LogP contribution < -0.4 is 10.6 Å². The maximum Gasteiger partial charge on any atom is 0.260 e. The average molecular weight is 357 g/mol. The molecule has 0 radical (unpaired) electrons. The van der Waals surface area contributed by atoms with E-state index in [2.05, 4.69) is 10.6 Å². The number of carbonyl (C=O) groups excluding carboxylic acids is 1.